The summed E-state index contributed by atoms with van der Waals surface area (Å²) in [6.45, 7) is 6.27. The summed E-state index contributed by atoms with van der Waals surface area (Å²) in [6, 6.07) is 35.3. The van der Waals surface area contributed by atoms with Crippen LogP contribution in [0.2, 0.25) is 0 Å². The minimum Gasteiger partial charge on any atom is -0.450 e. The molecule has 0 aliphatic heterocycles. The van der Waals surface area contributed by atoms with E-state index in [4.69, 9.17) is 10.5 Å². The molecule has 296 valence electrons. The third kappa shape index (κ3) is 8.25. The number of carbonyl (C=O) groups is 2. The predicted octanol–water partition coefficient (Wildman–Crippen LogP) is 10.7. The van der Waals surface area contributed by atoms with Crippen molar-refractivity contribution in [3.05, 3.63) is 183 Å². The molecule has 6 aromatic rings. The Kier molecular flexibility index (Phi) is 11.2. The Hall–Kier alpha value is -6.62. The predicted molar refractivity (Wildman–Crippen MR) is 219 cm³/mol. The second-order valence-electron chi connectivity index (χ2n) is 15.7. The molecule has 1 heterocycles. The molecule has 7 rings (SSSR count). The lowest BCUT2D eigenvalue weighted by Crippen LogP contribution is -2.49. The molecule has 9 nitrogen and oxygen atoms in total. The van der Waals surface area contributed by atoms with Crippen LogP contribution in [0.1, 0.15) is 78.3 Å². The van der Waals surface area contributed by atoms with Gasteiger partial charge in [0.25, 0.3) is 11.6 Å². The first-order valence-electron chi connectivity index (χ1n) is 19.2. The minimum atomic E-state index is -0.950. The molecule has 0 saturated heterocycles. The van der Waals surface area contributed by atoms with Gasteiger partial charge in [-0.1, -0.05) is 99.6 Å². The average Bonchev–Trinajstić information content (AvgIpc) is 3.75. The zero-order valence-electron chi connectivity index (χ0n) is 32.5. The monoisotopic (exact) mass is 782 g/mol. The molecule has 0 radical (unpaired) electrons. The van der Waals surface area contributed by atoms with E-state index in [9.17, 15) is 19.3 Å². The van der Waals surface area contributed by atoms with Gasteiger partial charge in [0.15, 0.2) is 0 Å². The van der Waals surface area contributed by atoms with Crippen molar-refractivity contribution in [1.29, 1.82) is 0 Å². The van der Waals surface area contributed by atoms with E-state index in [1.165, 1.54) is 24.3 Å². The first-order chi connectivity index (χ1) is 27.8. The van der Waals surface area contributed by atoms with Crippen LogP contribution in [0.25, 0.3) is 22.3 Å². The number of primary amides is 1. The Morgan fingerprint density at radius 3 is 2.07 bits per heavy atom. The smallest absolute Gasteiger partial charge is 0.404 e. The van der Waals surface area contributed by atoms with Gasteiger partial charge in [-0.05, 0) is 76.1 Å². The summed E-state index contributed by atoms with van der Waals surface area (Å²) in [5.41, 5.74) is 11.3. The molecule has 1 aromatic heterocycles. The van der Waals surface area contributed by atoms with Crippen LogP contribution in [0.5, 0.6) is 0 Å². The molecular weight excluding hydrogens is 739 g/mol. The van der Waals surface area contributed by atoms with Crippen molar-refractivity contribution in [3.63, 3.8) is 0 Å². The number of non-ortho nitro benzene ring substituents is 1. The summed E-state index contributed by atoms with van der Waals surface area (Å²) in [5.74, 6) is -1.77. The lowest BCUT2D eigenvalue weighted by molar-refractivity contribution is -0.384. The molecule has 0 fully saturated rings. The molecule has 0 spiro atoms. The quantitative estimate of drug-likeness (QED) is 0.0924. The van der Waals surface area contributed by atoms with E-state index in [2.05, 4.69) is 24.3 Å². The number of nitrogens with two attached hydrogens (primary N) is 1. The fourth-order valence-corrected chi connectivity index (χ4v) is 8.36. The number of halogens is 2. The molecule has 1 unspecified atom stereocenters. The molecule has 0 bridgehead atoms. The van der Waals surface area contributed by atoms with E-state index >= 15 is 9.18 Å². The molecule has 0 saturated carbocycles. The number of rotatable bonds is 13. The third-order valence-electron chi connectivity index (χ3n) is 10.9. The maximum Gasteiger partial charge on any atom is 0.404 e. The fourth-order valence-electron chi connectivity index (χ4n) is 8.36. The number of benzene rings is 5. The van der Waals surface area contributed by atoms with Gasteiger partial charge in [0.05, 0.1) is 17.6 Å². The van der Waals surface area contributed by atoms with E-state index in [1.54, 1.807) is 11.1 Å². The van der Waals surface area contributed by atoms with E-state index < -0.39 is 46.1 Å². The first kappa shape index (κ1) is 39.6. The van der Waals surface area contributed by atoms with Gasteiger partial charge in [0, 0.05) is 65.6 Å². The van der Waals surface area contributed by atoms with Gasteiger partial charge in [-0.2, -0.15) is 0 Å². The fraction of sp³-hybridized carbons (Fsp3) is 0.234. The molecule has 58 heavy (non-hydrogen) atoms. The lowest BCUT2D eigenvalue weighted by Gasteiger charge is -2.46. The van der Waals surface area contributed by atoms with Crippen molar-refractivity contribution < 1.29 is 28.0 Å². The van der Waals surface area contributed by atoms with E-state index in [-0.39, 0.29) is 35.8 Å². The maximum absolute atomic E-state index is 15.5. The van der Waals surface area contributed by atoms with Crippen molar-refractivity contribution in [2.75, 3.05) is 6.61 Å². The number of hydrogen-bond donors (Lipinski definition) is 1. The van der Waals surface area contributed by atoms with Crippen molar-refractivity contribution in [3.8, 4) is 22.3 Å². The summed E-state index contributed by atoms with van der Waals surface area (Å²) >= 11 is 0. The Balaban J connectivity index is 1.45. The van der Waals surface area contributed by atoms with Crippen molar-refractivity contribution in [2.24, 2.45) is 11.1 Å². The lowest BCUT2D eigenvalue weighted by atomic mass is 9.80. The third-order valence-corrected chi connectivity index (χ3v) is 10.9. The van der Waals surface area contributed by atoms with Crippen LogP contribution in [-0.2, 0) is 11.3 Å². The van der Waals surface area contributed by atoms with Crippen LogP contribution in [0, 0.1) is 27.2 Å². The van der Waals surface area contributed by atoms with Crippen LogP contribution < -0.4 is 5.73 Å². The van der Waals surface area contributed by atoms with Crippen molar-refractivity contribution in [1.82, 2.24) is 9.47 Å². The van der Waals surface area contributed by atoms with Crippen LogP contribution in [0.15, 0.2) is 134 Å². The number of hydrogen-bond acceptors (Lipinski definition) is 5. The molecular formula is C47H44F2N4O5. The standard InChI is InChI=1S/C47H44F2N4O5/c1-47(2,3)44(43-25-32(40-26-33(48)19-22-42(40)49)29-51(43)28-30-11-5-4-6-12-30)52(45(54)31-17-20-34(21-18-31)53(56)57)35(23-24-58-46(50)55)27-41-38-15-9-7-13-36(38)37-14-8-10-16-39(37)41/h4-22,25-26,29,35,41,44H,23-24,27-28H2,1-3H3,(H2,50,55)/t35?,44-/m0/s1. The summed E-state index contributed by atoms with van der Waals surface area (Å²) in [7, 11) is 0. The topological polar surface area (TPSA) is 121 Å². The Labute approximate surface area is 335 Å². The number of fused-ring (bicyclic) bond motifs is 3. The van der Waals surface area contributed by atoms with Gasteiger partial charge >= 0.3 is 6.09 Å². The second-order valence-corrected chi connectivity index (χ2v) is 15.7. The Morgan fingerprint density at radius 1 is 0.845 bits per heavy atom. The highest BCUT2D eigenvalue weighted by atomic mass is 19.1. The number of carbonyl (C=O) groups excluding carboxylic acids is 2. The highest BCUT2D eigenvalue weighted by Crippen LogP contribution is 2.49. The Morgan fingerprint density at radius 2 is 1.47 bits per heavy atom. The van der Waals surface area contributed by atoms with Gasteiger partial charge in [-0.25, -0.2) is 13.6 Å². The molecule has 1 aliphatic carbocycles. The zero-order valence-corrected chi connectivity index (χ0v) is 32.5. The maximum atomic E-state index is 15.5. The average molecular weight is 783 g/mol. The van der Waals surface area contributed by atoms with Crippen LogP contribution in [0.3, 0.4) is 0 Å². The van der Waals surface area contributed by atoms with Crippen molar-refractivity contribution in [2.45, 2.75) is 58.2 Å². The molecule has 2 atom stereocenters. The molecule has 2 N–H and O–H groups in total. The molecule has 2 amide bonds. The first-order valence-corrected chi connectivity index (χ1v) is 19.2. The minimum absolute atomic E-state index is 0.0690. The number of nitro benzene ring substituents is 1. The summed E-state index contributed by atoms with van der Waals surface area (Å²) in [6.07, 6.45) is 1.43. The Bertz CT molecular complexity index is 2410. The molecule has 5 aromatic carbocycles. The van der Waals surface area contributed by atoms with Gasteiger partial charge in [0.2, 0.25) is 0 Å². The number of nitrogens with zero attached hydrogens (tertiary/aromatic N) is 3. The molecule has 1 aliphatic rings. The summed E-state index contributed by atoms with van der Waals surface area (Å²) < 4.78 is 37.6. The summed E-state index contributed by atoms with van der Waals surface area (Å²) in [5, 5.41) is 11.7. The zero-order chi connectivity index (χ0) is 41.1. The summed E-state index contributed by atoms with van der Waals surface area (Å²) in [4.78, 5) is 40.4. The van der Waals surface area contributed by atoms with Gasteiger partial charge in [-0.15, -0.1) is 0 Å². The van der Waals surface area contributed by atoms with Crippen molar-refractivity contribution >= 4 is 17.7 Å². The van der Waals surface area contributed by atoms with Crippen LogP contribution in [0.4, 0.5) is 19.3 Å². The normalized spacial score (nSPS) is 13.3. The largest absolute Gasteiger partial charge is 0.450 e. The second kappa shape index (κ2) is 16.5. The highest BCUT2D eigenvalue weighted by Gasteiger charge is 2.43. The van der Waals surface area contributed by atoms with Crippen LogP contribution >= 0.6 is 0 Å². The molecule has 11 heteroatoms. The van der Waals surface area contributed by atoms with E-state index in [1.807, 2.05) is 86.0 Å². The van der Waals surface area contributed by atoms with E-state index in [0.29, 0.717) is 24.2 Å². The van der Waals surface area contributed by atoms with Crippen LogP contribution in [-0.4, -0.2) is 39.0 Å². The van der Waals surface area contributed by atoms with E-state index in [0.717, 1.165) is 46.0 Å². The van der Waals surface area contributed by atoms with Gasteiger partial charge < -0.3 is 19.9 Å². The highest BCUT2D eigenvalue weighted by molar-refractivity contribution is 5.95. The van der Waals surface area contributed by atoms with Gasteiger partial charge in [-0.3, -0.25) is 14.9 Å². The number of nitro groups is 1. The van der Waals surface area contributed by atoms with Gasteiger partial charge in [0.1, 0.15) is 11.6 Å². The SMILES string of the molecule is CC(C)(C)[C@H](c1cc(-c2cc(F)ccc2F)cn1Cc1ccccc1)N(C(=O)c1ccc([N+](=O)[O-])cc1)C(CCOC(N)=O)CC1c2ccccc2-c2ccccc21. The number of aromatic nitrogens is 1. The number of ether oxygens (including phenoxy) is 1. The number of amides is 2.